The fourth-order valence-electron chi connectivity index (χ4n) is 4.88. The zero-order chi connectivity index (χ0) is 27.2. The predicted octanol–water partition coefficient (Wildman–Crippen LogP) is 3.42. The third-order valence-electron chi connectivity index (χ3n) is 7.01. The molecule has 3 N–H and O–H groups in total. The Labute approximate surface area is 214 Å². The highest BCUT2D eigenvalue weighted by molar-refractivity contribution is 6.31. The molecule has 4 rings (SSSR count). The molecule has 9 heteroatoms. The van der Waals surface area contributed by atoms with Crippen LogP contribution in [0.5, 0.6) is 28.7 Å². The van der Waals surface area contributed by atoms with Gasteiger partial charge in [0.2, 0.25) is 0 Å². The van der Waals surface area contributed by atoms with Crippen LogP contribution in [-0.4, -0.2) is 48.3 Å². The van der Waals surface area contributed by atoms with Crippen LogP contribution in [0.3, 0.4) is 0 Å². The van der Waals surface area contributed by atoms with Crippen molar-refractivity contribution < 1.29 is 38.8 Å². The maximum Gasteiger partial charge on any atom is 0.194 e. The highest BCUT2D eigenvalue weighted by atomic mass is 16.5. The van der Waals surface area contributed by atoms with E-state index in [0.29, 0.717) is 30.2 Å². The van der Waals surface area contributed by atoms with Gasteiger partial charge in [-0.15, -0.1) is 0 Å². The third kappa shape index (κ3) is 3.91. The number of nitrogens with one attached hydrogen (secondary N) is 1. The lowest BCUT2D eigenvalue weighted by Crippen LogP contribution is -2.41. The highest BCUT2D eigenvalue weighted by Crippen LogP contribution is 2.57. The number of benzene rings is 2. The van der Waals surface area contributed by atoms with Crippen LogP contribution < -0.4 is 19.5 Å². The van der Waals surface area contributed by atoms with Gasteiger partial charge >= 0.3 is 0 Å². The smallest absolute Gasteiger partial charge is 0.194 e. The second-order valence-corrected chi connectivity index (χ2v) is 9.25. The molecule has 0 saturated carbocycles. The zero-order valence-corrected chi connectivity index (χ0v) is 21.6. The van der Waals surface area contributed by atoms with E-state index in [-0.39, 0.29) is 39.5 Å². The van der Waals surface area contributed by atoms with Crippen LogP contribution in [0.4, 0.5) is 0 Å². The first-order valence-corrected chi connectivity index (χ1v) is 11.7. The molecule has 2 aromatic carbocycles. The largest absolute Gasteiger partial charge is 0.507 e. The molecule has 2 aliphatic rings. The van der Waals surface area contributed by atoms with E-state index in [1.54, 1.807) is 27.2 Å². The van der Waals surface area contributed by atoms with Gasteiger partial charge in [0.25, 0.3) is 0 Å². The van der Waals surface area contributed by atoms with Crippen molar-refractivity contribution in [1.29, 1.82) is 0 Å². The number of phenols is 2. The van der Waals surface area contributed by atoms with Crippen LogP contribution in [-0.2, 0) is 21.4 Å². The Morgan fingerprint density at radius 2 is 1.76 bits per heavy atom. The maximum absolute atomic E-state index is 13.8. The molecule has 0 bridgehead atoms. The second kappa shape index (κ2) is 9.31. The lowest BCUT2D eigenvalue weighted by atomic mass is 9.70. The van der Waals surface area contributed by atoms with Crippen molar-refractivity contribution in [3.8, 4) is 28.7 Å². The number of Topliss-reactive ketones (excluding diaryl/α,β-unsaturated/α-hetero) is 2. The van der Waals surface area contributed by atoms with Gasteiger partial charge in [-0.3, -0.25) is 14.4 Å². The molecule has 0 saturated heterocycles. The number of rotatable bonds is 7. The fourth-order valence-corrected chi connectivity index (χ4v) is 4.88. The molecule has 0 aromatic heterocycles. The standard InChI is InChI=1S/C28H29NO8/c1-13-24(32)22(15(3)30)26-23(25(13)33)28(4)20(37-26)12-17(31)21(27(28)34)14(2)29-10-9-16-7-8-18(35-5)19(11-16)36-6/h7-8,11-12,29,32-33H,9-10H2,1-6H3/b21-14+/t28-/m0/s1. The molecule has 1 atom stereocenters. The van der Waals surface area contributed by atoms with E-state index >= 15 is 0 Å². The van der Waals surface area contributed by atoms with E-state index in [2.05, 4.69) is 5.32 Å². The van der Waals surface area contributed by atoms with Crippen molar-refractivity contribution in [2.75, 3.05) is 20.8 Å². The minimum atomic E-state index is -1.54. The van der Waals surface area contributed by atoms with Gasteiger partial charge in [-0.05, 0) is 51.8 Å². The normalized spacial score (nSPS) is 19.5. The molecular formula is C28H29NO8. The van der Waals surface area contributed by atoms with Crippen LogP contribution >= 0.6 is 0 Å². The number of phenolic OH excluding ortho intramolecular Hbond substituents is 2. The van der Waals surface area contributed by atoms with E-state index in [4.69, 9.17) is 14.2 Å². The van der Waals surface area contributed by atoms with Crippen molar-refractivity contribution >= 4 is 17.3 Å². The van der Waals surface area contributed by atoms with E-state index < -0.39 is 28.5 Å². The van der Waals surface area contributed by atoms with Crippen LogP contribution in [0.2, 0.25) is 0 Å². The molecule has 9 nitrogen and oxygen atoms in total. The van der Waals surface area contributed by atoms with E-state index in [1.165, 1.54) is 26.8 Å². The van der Waals surface area contributed by atoms with Gasteiger partial charge in [-0.2, -0.15) is 0 Å². The number of ether oxygens (including phenoxy) is 3. The number of aromatic hydroxyl groups is 2. The summed E-state index contributed by atoms with van der Waals surface area (Å²) in [6.45, 7) is 6.30. The number of methoxy groups -OCH3 is 2. The Hall–Kier alpha value is -4.27. The number of carbonyl (C=O) groups is 3. The summed E-state index contributed by atoms with van der Waals surface area (Å²) in [5, 5.41) is 24.5. The van der Waals surface area contributed by atoms with E-state index in [1.807, 2.05) is 12.1 Å². The van der Waals surface area contributed by atoms with Crippen LogP contribution in [0.25, 0.3) is 0 Å². The summed E-state index contributed by atoms with van der Waals surface area (Å²) in [4.78, 5) is 39.2. The lowest BCUT2D eigenvalue weighted by Gasteiger charge is -2.29. The molecular weight excluding hydrogens is 478 g/mol. The van der Waals surface area contributed by atoms with Crippen molar-refractivity contribution in [1.82, 2.24) is 5.32 Å². The van der Waals surface area contributed by atoms with Gasteiger partial charge in [-0.25, -0.2) is 0 Å². The molecule has 1 aliphatic carbocycles. The molecule has 0 unspecified atom stereocenters. The lowest BCUT2D eigenvalue weighted by molar-refractivity contribution is -0.123. The number of fused-ring (bicyclic) bond motifs is 3. The quantitative estimate of drug-likeness (QED) is 0.293. The Morgan fingerprint density at radius 1 is 1.08 bits per heavy atom. The van der Waals surface area contributed by atoms with Crippen LogP contribution in [0.1, 0.15) is 47.8 Å². The average molecular weight is 508 g/mol. The number of carbonyl (C=O) groups excluding carboxylic acids is 3. The first-order chi connectivity index (χ1) is 17.5. The predicted molar refractivity (Wildman–Crippen MR) is 135 cm³/mol. The second-order valence-electron chi connectivity index (χ2n) is 9.25. The van der Waals surface area contributed by atoms with Gasteiger partial charge in [0.1, 0.15) is 34.0 Å². The number of hydrogen-bond donors (Lipinski definition) is 3. The molecule has 194 valence electrons. The summed E-state index contributed by atoms with van der Waals surface area (Å²) in [6.07, 6.45) is 1.78. The molecule has 0 spiro atoms. The van der Waals surface area contributed by atoms with Crippen LogP contribution in [0.15, 0.2) is 41.3 Å². The van der Waals surface area contributed by atoms with Gasteiger partial charge < -0.3 is 29.7 Å². The first-order valence-electron chi connectivity index (χ1n) is 11.7. The molecule has 0 fully saturated rings. The van der Waals surface area contributed by atoms with E-state index in [9.17, 15) is 24.6 Å². The SMILES string of the molecule is COc1ccc(CCN/C(C)=C2\C(=O)C=C3Oc4c(C(C)=O)c(O)c(C)c(O)c4[C@@]3(C)C2=O)cc1OC. The van der Waals surface area contributed by atoms with Gasteiger partial charge in [0.15, 0.2) is 28.8 Å². The van der Waals surface area contributed by atoms with Crippen molar-refractivity contribution in [3.05, 3.63) is 63.6 Å². The fraction of sp³-hybridized carbons (Fsp3) is 0.321. The average Bonchev–Trinajstić information content (AvgIpc) is 3.15. The molecule has 0 radical (unpaired) electrons. The summed E-state index contributed by atoms with van der Waals surface area (Å²) < 4.78 is 16.4. The van der Waals surface area contributed by atoms with Crippen molar-refractivity contribution in [2.24, 2.45) is 0 Å². The highest BCUT2D eigenvalue weighted by Gasteiger charge is 2.56. The maximum atomic E-state index is 13.8. The summed E-state index contributed by atoms with van der Waals surface area (Å²) in [5.74, 6) is -1.29. The Balaban J connectivity index is 1.68. The minimum Gasteiger partial charge on any atom is -0.507 e. The number of ketones is 3. The first kappa shape index (κ1) is 25.8. The molecule has 37 heavy (non-hydrogen) atoms. The number of hydrogen-bond acceptors (Lipinski definition) is 9. The van der Waals surface area contributed by atoms with Crippen LogP contribution in [0, 0.1) is 6.92 Å². The van der Waals surface area contributed by atoms with Crippen molar-refractivity contribution in [2.45, 2.75) is 39.5 Å². The summed E-state index contributed by atoms with van der Waals surface area (Å²) in [7, 11) is 3.12. The third-order valence-corrected chi connectivity index (χ3v) is 7.01. The molecule has 0 amide bonds. The van der Waals surface area contributed by atoms with Gasteiger partial charge in [0, 0.05) is 23.9 Å². The van der Waals surface area contributed by atoms with Gasteiger partial charge in [0.05, 0.1) is 25.4 Å². The monoisotopic (exact) mass is 507 g/mol. The molecule has 1 heterocycles. The molecule has 1 aliphatic heterocycles. The number of allylic oxidation sites excluding steroid dienone is 4. The summed E-state index contributed by atoms with van der Waals surface area (Å²) >= 11 is 0. The minimum absolute atomic E-state index is 0.00202. The Bertz CT molecular complexity index is 1420. The molecule has 2 aromatic rings. The van der Waals surface area contributed by atoms with Gasteiger partial charge in [-0.1, -0.05) is 6.07 Å². The van der Waals surface area contributed by atoms with E-state index in [0.717, 1.165) is 5.56 Å². The Morgan fingerprint density at radius 3 is 2.38 bits per heavy atom. The van der Waals surface area contributed by atoms with Crippen molar-refractivity contribution in [3.63, 3.8) is 0 Å². The zero-order valence-electron chi connectivity index (χ0n) is 21.6. The summed E-state index contributed by atoms with van der Waals surface area (Å²) in [5.41, 5.74) is -0.294. The summed E-state index contributed by atoms with van der Waals surface area (Å²) in [6, 6.07) is 5.56. The topological polar surface area (TPSA) is 131 Å². The Kier molecular flexibility index (Phi) is 6.50.